The Morgan fingerprint density at radius 3 is 2.07 bits per heavy atom. The van der Waals surface area contributed by atoms with Crippen molar-refractivity contribution in [3.8, 4) is 34.4 Å². The van der Waals surface area contributed by atoms with Crippen molar-refractivity contribution in [2.24, 2.45) is 0 Å². The lowest BCUT2D eigenvalue weighted by atomic mass is 9.93. The van der Waals surface area contributed by atoms with Gasteiger partial charge in [0.25, 0.3) is 0 Å². The molecule has 14 nitrogen and oxygen atoms in total. The molecule has 5 rings (SSSR count). The van der Waals surface area contributed by atoms with Gasteiger partial charge in [-0.25, -0.2) is 0 Å². The Balaban J connectivity index is 1.26. The molecular formula is C44H46ClN5O9. The molecule has 2 atom stereocenters. The number of nitriles is 1. The van der Waals surface area contributed by atoms with Gasteiger partial charge in [-0.05, 0) is 71.5 Å². The lowest BCUT2D eigenvalue weighted by Gasteiger charge is -2.18. The summed E-state index contributed by atoms with van der Waals surface area (Å²) in [5.74, 6) is -0.618. The highest BCUT2D eigenvalue weighted by Crippen LogP contribution is 2.36. The van der Waals surface area contributed by atoms with Crippen LogP contribution in [-0.2, 0) is 42.5 Å². The van der Waals surface area contributed by atoms with E-state index in [1.54, 1.807) is 30.6 Å². The zero-order chi connectivity index (χ0) is 42.3. The van der Waals surface area contributed by atoms with Gasteiger partial charge in [0.2, 0.25) is 0 Å². The van der Waals surface area contributed by atoms with Crippen molar-refractivity contribution < 1.29 is 44.2 Å². The number of carboxylic acid groups (broad SMARTS) is 2. The lowest BCUT2D eigenvalue weighted by molar-refractivity contribution is -0.140. The molecule has 2 heterocycles. The molecule has 5 aromatic rings. The third kappa shape index (κ3) is 13.2. The van der Waals surface area contributed by atoms with Gasteiger partial charge < -0.3 is 45.3 Å². The topological polar surface area (TPSA) is 216 Å². The van der Waals surface area contributed by atoms with Crippen LogP contribution >= 0.6 is 11.6 Å². The number of carbonyl (C=O) groups is 2. The predicted molar refractivity (Wildman–Crippen MR) is 219 cm³/mol. The van der Waals surface area contributed by atoms with E-state index < -0.39 is 30.6 Å². The summed E-state index contributed by atoms with van der Waals surface area (Å²) in [6.45, 7) is 5.44. The average molecular weight is 824 g/mol. The van der Waals surface area contributed by atoms with Crippen molar-refractivity contribution >= 4 is 23.5 Å². The number of aliphatic hydroxyl groups is 2. The number of ether oxygens (including phenoxy) is 3. The summed E-state index contributed by atoms with van der Waals surface area (Å²) in [6, 6.07) is 22.8. The SMILES string of the molecule is Cc1c(COc2cc(OCc3cncc(C#N)c3)c(CNC[C@@H](O)CC(=O)O)cc2Cl)cccc1-c1cccc(OCc2ccc(CNC[C@@H](O)CC(=O)O)cn2)c1C. The lowest BCUT2D eigenvalue weighted by Crippen LogP contribution is -2.28. The number of nitrogens with zero attached hydrogens (tertiary/aromatic N) is 3. The molecular weight excluding hydrogens is 778 g/mol. The number of halogens is 1. The summed E-state index contributed by atoms with van der Waals surface area (Å²) in [7, 11) is 0. The first-order valence-corrected chi connectivity index (χ1v) is 19.2. The number of hydrogen-bond acceptors (Lipinski definition) is 12. The number of benzene rings is 3. The van der Waals surface area contributed by atoms with Crippen LogP contribution < -0.4 is 24.8 Å². The molecule has 0 saturated carbocycles. The third-order valence-corrected chi connectivity index (χ3v) is 9.62. The highest BCUT2D eigenvalue weighted by atomic mass is 35.5. The molecule has 0 fully saturated rings. The molecule has 0 saturated heterocycles. The van der Waals surface area contributed by atoms with Crippen LogP contribution in [0.15, 0.2) is 85.3 Å². The molecule has 15 heteroatoms. The van der Waals surface area contributed by atoms with Crippen LogP contribution in [0.3, 0.4) is 0 Å². The number of aliphatic carboxylic acids is 2. The molecule has 0 amide bonds. The summed E-state index contributed by atoms with van der Waals surface area (Å²) in [5.41, 5.74) is 8.24. The van der Waals surface area contributed by atoms with Crippen LogP contribution in [0.1, 0.15) is 57.5 Å². The summed E-state index contributed by atoms with van der Waals surface area (Å²) in [5, 5.41) is 53.3. The Labute approximate surface area is 347 Å². The molecule has 6 N–H and O–H groups in total. The Morgan fingerprint density at radius 2 is 1.39 bits per heavy atom. The van der Waals surface area contributed by atoms with Crippen LogP contribution in [0.4, 0.5) is 0 Å². The quantitative estimate of drug-likeness (QED) is 0.0481. The standard InChI is InChI=1S/C44H46ClN5O9/c1-27-32(25-58-42-15-41(57-24-31-11-30(16-46)18-47-19-31)33(12-39(42)45)21-49-23-36(52)14-44(55)56)5-3-6-37(27)38-7-4-8-40(28(38)2)59-26-34-10-9-29(20-50-34)17-48-22-35(51)13-43(53)54/h3-12,15,18-20,35-36,48-49,51-52H,13-14,17,21-26H2,1-2H3,(H,53,54)(H,55,56)/t35-,36-/m0/s1. The van der Waals surface area contributed by atoms with E-state index in [9.17, 15) is 25.1 Å². The number of rotatable bonds is 22. The molecule has 59 heavy (non-hydrogen) atoms. The first-order chi connectivity index (χ1) is 28.4. The highest BCUT2D eigenvalue weighted by molar-refractivity contribution is 6.32. The van der Waals surface area contributed by atoms with Crippen molar-refractivity contribution in [3.63, 3.8) is 0 Å². The maximum Gasteiger partial charge on any atom is 0.306 e. The number of aromatic nitrogens is 2. The van der Waals surface area contributed by atoms with E-state index >= 15 is 0 Å². The molecule has 0 bridgehead atoms. The second kappa shape index (κ2) is 21.6. The maximum absolute atomic E-state index is 11.0. The number of hydrogen-bond donors (Lipinski definition) is 6. The number of carboxylic acids is 2. The normalized spacial score (nSPS) is 12.0. The molecule has 3 aromatic carbocycles. The van der Waals surface area contributed by atoms with E-state index in [1.807, 2.05) is 62.4 Å². The fraction of sp³-hybridized carbons (Fsp3) is 0.295. The van der Waals surface area contributed by atoms with Crippen LogP contribution in [0.5, 0.6) is 17.2 Å². The summed E-state index contributed by atoms with van der Waals surface area (Å²) >= 11 is 6.74. The largest absolute Gasteiger partial charge is 0.488 e. The average Bonchev–Trinajstić information content (AvgIpc) is 3.20. The van der Waals surface area contributed by atoms with Crippen molar-refractivity contribution in [3.05, 3.63) is 135 Å². The number of pyridine rings is 2. The van der Waals surface area contributed by atoms with Gasteiger partial charge in [0.1, 0.15) is 43.1 Å². The van der Waals surface area contributed by atoms with Gasteiger partial charge in [-0.15, -0.1) is 0 Å². The molecule has 0 unspecified atom stereocenters. The first kappa shape index (κ1) is 44.0. The molecule has 308 valence electrons. The fourth-order valence-corrected chi connectivity index (χ4v) is 6.44. The Morgan fingerprint density at radius 1 is 0.729 bits per heavy atom. The van der Waals surface area contributed by atoms with Gasteiger partial charge in [0, 0.05) is 62.0 Å². The summed E-state index contributed by atoms with van der Waals surface area (Å²) < 4.78 is 18.7. The minimum Gasteiger partial charge on any atom is -0.488 e. The Hall–Kier alpha value is -6.08. The van der Waals surface area contributed by atoms with Crippen molar-refractivity contribution in [1.82, 2.24) is 20.6 Å². The van der Waals surface area contributed by atoms with E-state index in [4.69, 9.17) is 36.0 Å². The van der Waals surface area contributed by atoms with E-state index in [0.717, 1.165) is 39.1 Å². The van der Waals surface area contributed by atoms with Gasteiger partial charge in [0.15, 0.2) is 0 Å². The van der Waals surface area contributed by atoms with Gasteiger partial charge in [-0.3, -0.25) is 19.6 Å². The molecule has 0 radical (unpaired) electrons. The minimum absolute atomic E-state index is 0.0391. The van der Waals surface area contributed by atoms with Crippen molar-refractivity contribution in [1.29, 1.82) is 5.26 Å². The van der Waals surface area contributed by atoms with Gasteiger partial charge in [-0.2, -0.15) is 5.26 Å². The molecule has 0 aliphatic rings. The van der Waals surface area contributed by atoms with E-state index in [1.165, 1.54) is 6.20 Å². The summed E-state index contributed by atoms with van der Waals surface area (Å²) in [4.78, 5) is 30.3. The van der Waals surface area contributed by atoms with E-state index in [2.05, 4.69) is 26.7 Å². The zero-order valence-corrected chi connectivity index (χ0v) is 33.4. The number of aliphatic hydroxyl groups excluding tert-OH is 2. The molecule has 2 aromatic heterocycles. The highest BCUT2D eigenvalue weighted by Gasteiger charge is 2.17. The minimum atomic E-state index is -1.10. The monoisotopic (exact) mass is 823 g/mol. The molecule has 0 spiro atoms. The van der Waals surface area contributed by atoms with Crippen LogP contribution in [0.2, 0.25) is 5.02 Å². The Bertz CT molecular complexity index is 2270. The fourth-order valence-electron chi connectivity index (χ4n) is 6.20. The third-order valence-electron chi connectivity index (χ3n) is 9.32. The van der Waals surface area contributed by atoms with Gasteiger partial charge in [-0.1, -0.05) is 48.0 Å². The van der Waals surface area contributed by atoms with Crippen LogP contribution in [0.25, 0.3) is 11.1 Å². The molecule has 0 aliphatic heterocycles. The van der Waals surface area contributed by atoms with Gasteiger partial charge in [0.05, 0.1) is 41.3 Å². The van der Waals surface area contributed by atoms with Crippen molar-refractivity contribution in [2.45, 2.75) is 71.8 Å². The van der Waals surface area contributed by atoms with Crippen LogP contribution in [0, 0.1) is 25.2 Å². The van der Waals surface area contributed by atoms with E-state index in [0.29, 0.717) is 45.5 Å². The van der Waals surface area contributed by atoms with Crippen LogP contribution in [-0.4, -0.2) is 67.6 Å². The summed E-state index contributed by atoms with van der Waals surface area (Å²) in [6.07, 6.45) is 2.03. The van der Waals surface area contributed by atoms with Crippen molar-refractivity contribution in [2.75, 3.05) is 13.1 Å². The second-order valence-corrected chi connectivity index (χ2v) is 14.3. The predicted octanol–water partition coefficient (Wildman–Crippen LogP) is 5.87. The first-order valence-electron chi connectivity index (χ1n) is 18.8. The maximum atomic E-state index is 11.0. The zero-order valence-electron chi connectivity index (χ0n) is 32.7. The Kier molecular flexibility index (Phi) is 16.1. The molecule has 0 aliphatic carbocycles. The van der Waals surface area contributed by atoms with Gasteiger partial charge >= 0.3 is 11.9 Å². The van der Waals surface area contributed by atoms with E-state index in [-0.39, 0.29) is 45.9 Å². The second-order valence-electron chi connectivity index (χ2n) is 13.9. The number of nitrogens with one attached hydrogen (secondary N) is 2. The smallest absolute Gasteiger partial charge is 0.306 e.